The minimum atomic E-state index is -0.738. The number of nitrogens with one attached hydrogen (secondary N) is 1. The van der Waals surface area contributed by atoms with E-state index in [-0.39, 0.29) is 54.8 Å². The van der Waals surface area contributed by atoms with Crippen molar-refractivity contribution < 1.29 is 37.3 Å². The number of aliphatic hydroxyl groups excluding tert-OH is 1. The second kappa shape index (κ2) is 15.3. The number of anilines is 1. The van der Waals surface area contributed by atoms with Crippen molar-refractivity contribution in [1.29, 1.82) is 0 Å². The molecule has 4 atom stereocenters. The first-order valence-corrected chi connectivity index (χ1v) is 15.5. The van der Waals surface area contributed by atoms with Crippen LogP contribution in [-0.2, 0) is 20.7 Å². The topological polar surface area (TPSA) is 101 Å². The van der Waals surface area contributed by atoms with Crippen LogP contribution in [0.1, 0.15) is 63.1 Å². The van der Waals surface area contributed by atoms with Crippen LogP contribution in [-0.4, -0.2) is 64.5 Å². The summed E-state index contributed by atoms with van der Waals surface area (Å²) in [7, 11) is 0. The lowest BCUT2D eigenvalue weighted by molar-refractivity contribution is -0.116. The summed E-state index contributed by atoms with van der Waals surface area (Å²) in [5.41, 5.74) is 0.475. The molecule has 0 saturated carbocycles. The lowest BCUT2D eigenvalue weighted by atomic mass is 9.87. The summed E-state index contributed by atoms with van der Waals surface area (Å²) in [5.74, 6) is -3.37. The van der Waals surface area contributed by atoms with E-state index in [4.69, 9.17) is 21.1 Å². The van der Waals surface area contributed by atoms with E-state index in [1.807, 2.05) is 6.92 Å². The fraction of sp³-hybridized carbons (Fsp3) is 0.441. The first-order valence-electron chi connectivity index (χ1n) is 15.1. The predicted molar refractivity (Wildman–Crippen MR) is 168 cm³/mol. The molecule has 46 heavy (non-hydrogen) atoms. The van der Waals surface area contributed by atoms with Crippen LogP contribution in [0, 0.1) is 23.4 Å². The molecule has 0 aliphatic carbocycles. The van der Waals surface area contributed by atoms with Gasteiger partial charge in [-0.15, -0.1) is 0 Å². The Morgan fingerprint density at radius 2 is 1.87 bits per heavy atom. The monoisotopic (exact) mass is 661 g/mol. The lowest BCUT2D eigenvalue weighted by Gasteiger charge is -2.41. The molecule has 0 radical (unpaired) electrons. The van der Waals surface area contributed by atoms with Gasteiger partial charge in [-0.25, -0.2) is 18.0 Å². The summed E-state index contributed by atoms with van der Waals surface area (Å²) in [4.78, 5) is 31.8. The third-order valence-electron chi connectivity index (χ3n) is 7.94. The zero-order valence-corrected chi connectivity index (χ0v) is 27.0. The van der Waals surface area contributed by atoms with Gasteiger partial charge < -0.3 is 19.9 Å². The van der Waals surface area contributed by atoms with Gasteiger partial charge in [0.2, 0.25) is 5.91 Å². The van der Waals surface area contributed by atoms with Gasteiger partial charge in [0, 0.05) is 17.9 Å². The fourth-order valence-corrected chi connectivity index (χ4v) is 5.66. The van der Waals surface area contributed by atoms with E-state index >= 15 is 4.39 Å². The molecule has 8 nitrogen and oxygen atoms in total. The Hall–Kier alpha value is -3.67. The number of amides is 2. The van der Waals surface area contributed by atoms with E-state index in [1.165, 1.54) is 41.4 Å². The number of nitrogens with zero attached hydrogens (tertiary/aromatic N) is 2. The molecule has 2 heterocycles. The standard InChI is InChI=1S/C34H39ClF3N3O5/c1-5-20(31-17-41(24(18-42)19-45-31)33(44)46-34(2,3)4)12-26-29(38)15-39-16-30(26)40-32(43)14-25(21-7-6-8-23(36)11-21)22-9-10-27(35)28(37)13-22/h6-11,13,15-16,20,24-25,31,42H,5,12,14,17-19H2,1-4H3,(H,40,43)/t20?,24-,25-,31+/m1/s1. The molecular weight excluding hydrogens is 623 g/mol. The van der Waals surface area contributed by atoms with Gasteiger partial charge in [-0.3, -0.25) is 14.7 Å². The molecule has 0 spiro atoms. The molecule has 2 aromatic carbocycles. The van der Waals surface area contributed by atoms with Crippen LogP contribution in [0.3, 0.4) is 0 Å². The van der Waals surface area contributed by atoms with Crippen LogP contribution in [0.15, 0.2) is 54.9 Å². The maximum Gasteiger partial charge on any atom is 0.410 e. The van der Waals surface area contributed by atoms with Crippen LogP contribution >= 0.6 is 11.6 Å². The largest absolute Gasteiger partial charge is 0.444 e. The average Bonchev–Trinajstić information content (AvgIpc) is 3.00. The van der Waals surface area contributed by atoms with Crippen LogP contribution in [0.5, 0.6) is 0 Å². The maximum atomic E-state index is 15.3. The number of aromatic nitrogens is 1. The van der Waals surface area contributed by atoms with E-state index < -0.39 is 53.1 Å². The van der Waals surface area contributed by atoms with Crippen molar-refractivity contribution in [1.82, 2.24) is 9.88 Å². The first kappa shape index (κ1) is 35.2. The van der Waals surface area contributed by atoms with Crippen molar-refractivity contribution in [2.45, 2.75) is 70.6 Å². The third-order valence-corrected chi connectivity index (χ3v) is 8.25. The van der Waals surface area contributed by atoms with Gasteiger partial charge in [-0.05, 0) is 68.5 Å². The van der Waals surface area contributed by atoms with Gasteiger partial charge in [0.1, 0.15) is 23.1 Å². The number of hydrogen-bond acceptors (Lipinski definition) is 6. The average molecular weight is 662 g/mol. The first-order chi connectivity index (χ1) is 21.8. The van der Waals surface area contributed by atoms with E-state index in [1.54, 1.807) is 32.9 Å². The molecule has 3 aromatic rings. The Kier molecular flexibility index (Phi) is 11.7. The normalized spacial score (nSPS) is 18.2. The van der Waals surface area contributed by atoms with E-state index in [9.17, 15) is 23.5 Å². The number of carbonyl (C=O) groups excluding carboxylic acids is 2. The van der Waals surface area contributed by atoms with E-state index in [2.05, 4.69) is 10.3 Å². The summed E-state index contributed by atoms with van der Waals surface area (Å²) in [6.45, 7) is 7.06. The van der Waals surface area contributed by atoms with Crippen molar-refractivity contribution in [2.24, 2.45) is 5.92 Å². The molecule has 1 saturated heterocycles. The second-order valence-electron chi connectivity index (χ2n) is 12.4. The highest BCUT2D eigenvalue weighted by Crippen LogP contribution is 2.33. The molecule has 1 unspecified atom stereocenters. The van der Waals surface area contributed by atoms with Crippen LogP contribution in [0.25, 0.3) is 0 Å². The van der Waals surface area contributed by atoms with E-state index in [0.717, 1.165) is 6.20 Å². The Balaban J connectivity index is 1.55. The number of halogens is 4. The highest BCUT2D eigenvalue weighted by molar-refractivity contribution is 6.30. The summed E-state index contributed by atoms with van der Waals surface area (Å²) in [6.07, 6.45) is 1.80. The van der Waals surface area contributed by atoms with Crippen molar-refractivity contribution >= 4 is 29.3 Å². The molecule has 4 rings (SSSR count). The zero-order valence-electron chi connectivity index (χ0n) is 26.2. The number of hydrogen-bond donors (Lipinski definition) is 2. The van der Waals surface area contributed by atoms with Gasteiger partial charge in [0.15, 0.2) is 0 Å². The number of benzene rings is 2. The molecule has 0 bridgehead atoms. The summed E-state index contributed by atoms with van der Waals surface area (Å²) in [5, 5.41) is 12.5. The van der Waals surface area contributed by atoms with Crippen LogP contribution in [0.4, 0.5) is 23.7 Å². The Morgan fingerprint density at radius 3 is 2.52 bits per heavy atom. The predicted octanol–water partition coefficient (Wildman–Crippen LogP) is 6.88. The van der Waals surface area contributed by atoms with Crippen LogP contribution < -0.4 is 5.32 Å². The molecule has 248 valence electrons. The summed E-state index contributed by atoms with van der Waals surface area (Å²) in [6, 6.07) is 9.25. The summed E-state index contributed by atoms with van der Waals surface area (Å²) >= 11 is 5.87. The minimum absolute atomic E-state index is 0.0755. The quantitative estimate of drug-likeness (QED) is 0.246. The van der Waals surface area contributed by atoms with Crippen molar-refractivity contribution in [3.63, 3.8) is 0 Å². The van der Waals surface area contributed by atoms with Gasteiger partial charge in [0.25, 0.3) is 0 Å². The SMILES string of the molecule is CCC(Cc1c(F)cncc1NC(=O)C[C@H](c1cccc(F)c1)c1ccc(Cl)c(F)c1)[C@@H]1CN(C(=O)OC(C)(C)C)[C@H](CO)CO1. The van der Waals surface area contributed by atoms with E-state index in [0.29, 0.717) is 17.5 Å². The number of rotatable bonds is 10. The molecule has 12 heteroatoms. The number of carbonyl (C=O) groups is 2. The summed E-state index contributed by atoms with van der Waals surface area (Å²) < 4.78 is 55.5. The van der Waals surface area contributed by atoms with Crippen molar-refractivity contribution in [3.8, 4) is 0 Å². The van der Waals surface area contributed by atoms with Crippen LogP contribution in [0.2, 0.25) is 5.02 Å². The zero-order chi connectivity index (χ0) is 33.6. The molecule has 1 aromatic heterocycles. The maximum absolute atomic E-state index is 15.3. The van der Waals surface area contributed by atoms with Crippen molar-refractivity contribution in [2.75, 3.05) is 25.1 Å². The number of pyridine rings is 1. The molecule has 1 fully saturated rings. The highest BCUT2D eigenvalue weighted by Gasteiger charge is 2.38. The second-order valence-corrected chi connectivity index (χ2v) is 12.8. The van der Waals surface area contributed by atoms with Gasteiger partial charge in [-0.1, -0.05) is 43.1 Å². The highest BCUT2D eigenvalue weighted by atomic mass is 35.5. The lowest BCUT2D eigenvalue weighted by Crippen LogP contribution is -2.56. The molecule has 2 amide bonds. The van der Waals surface area contributed by atoms with Gasteiger partial charge in [0.05, 0.1) is 55.0 Å². The number of aliphatic hydroxyl groups is 1. The van der Waals surface area contributed by atoms with Gasteiger partial charge in [-0.2, -0.15) is 0 Å². The fourth-order valence-electron chi connectivity index (χ4n) is 5.55. The number of morpholine rings is 1. The molecule has 2 N–H and O–H groups in total. The van der Waals surface area contributed by atoms with Crippen molar-refractivity contribution in [3.05, 3.63) is 94.0 Å². The third kappa shape index (κ3) is 8.98. The Morgan fingerprint density at radius 1 is 1.13 bits per heavy atom. The molecule has 1 aliphatic heterocycles. The van der Waals surface area contributed by atoms with Gasteiger partial charge >= 0.3 is 6.09 Å². The molecule has 1 aliphatic rings. The Labute approximate surface area is 271 Å². The molecular formula is C34H39ClF3N3O5. The number of ether oxygens (including phenoxy) is 2. The Bertz CT molecular complexity index is 1540. The smallest absolute Gasteiger partial charge is 0.410 e. The minimum Gasteiger partial charge on any atom is -0.444 e.